The molecule has 3 heteroatoms. The van der Waals surface area contributed by atoms with Crippen molar-refractivity contribution in [2.24, 2.45) is 0 Å². The summed E-state index contributed by atoms with van der Waals surface area (Å²) in [5, 5.41) is 7.80. The lowest BCUT2D eigenvalue weighted by Gasteiger charge is -2.22. The standard InChI is InChI=1S/C52H40O2S/c1-51(2)45-13-9-7-11-33(45)39-25-37-35(29-15-19-31(53-5)20-16-29)23-41-42-24-36(30-17-21-32(54-6)22-18-30)38-26-40-34-12-8-10-14-46(34)52(3,4)48(40)28-44(38)50(42)55-49(41)43(37)27-47(39)51/h7-28H,1-6H3. The second-order valence-electron chi connectivity index (χ2n) is 16.4. The molecule has 2 aliphatic carbocycles. The Morgan fingerprint density at radius 3 is 1.13 bits per heavy atom. The first-order valence-corrected chi connectivity index (χ1v) is 20.0. The lowest BCUT2D eigenvalue weighted by Crippen LogP contribution is -2.14. The molecule has 2 aliphatic rings. The summed E-state index contributed by atoms with van der Waals surface area (Å²) in [4.78, 5) is 0. The fraction of sp³-hybridized carbons (Fsp3) is 0.154. The zero-order valence-electron chi connectivity index (χ0n) is 31.9. The Kier molecular flexibility index (Phi) is 6.69. The summed E-state index contributed by atoms with van der Waals surface area (Å²) in [6.07, 6.45) is 0. The number of methoxy groups -OCH3 is 2. The molecule has 0 saturated carbocycles. The Balaban J connectivity index is 1.29. The van der Waals surface area contributed by atoms with E-state index in [9.17, 15) is 0 Å². The molecule has 0 fully saturated rings. The molecule has 9 aromatic rings. The molecule has 0 bridgehead atoms. The first-order chi connectivity index (χ1) is 26.7. The van der Waals surface area contributed by atoms with Crippen molar-refractivity contribution in [2.45, 2.75) is 38.5 Å². The van der Waals surface area contributed by atoms with Crippen molar-refractivity contribution in [1.29, 1.82) is 0 Å². The highest BCUT2D eigenvalue weighted by molar-refractivity contribution is 7.27. The third-order valence-corrected chi connectivity index (χ3v) is 14.2. The number of hydrogen-bond acceptors (Lipinski definition) is 3. The maximum absolute atomic E-state index is 5.60. The normalized spacial score (nSPS) is 14.7. The van der Waals surface area contributed by atoms with E-state index in [0.717, 1.165) is 11.5 Å². The summed E-state index contributed by atoms with van der Waals surface area (Å²) in [5.74, 6) is 1.72. The average molecular weight is 729 g/mol. The summed E-state index contributed by atoms with van der Waals surface area (Å²) in [6, 6.07) is 50.0. The lowest BCUT2D eigenvalue weighted by molar-refractivity contribution is 0.415. The van der Waals surface area contributed by atoms with Crippen molar-refractivity contribution in [2.75, 3.05) is 14.2 Å². The monoisotopic (exact) mass is 728 g/mol. The summed E-state index contributed by atoms with van der Waals surface area (Å²) in [6.45, 7) is 9.53. The predicted molar refractivity (Wildman–Crippen MR) is 233 cm³/mol. The minimum Gasteiger partial charge on any atom is -0.497 e. The highest BCUT2D eigenvalue weighted by Gasteiger charge is 2.37. The van der Waals surface area contributed by atoms with Crippen molar-refractivity contribution in [1.82, 2.24) is 0 Å². The number of rotatable bonds is 4. The van der Waals surface area contributed by atoms with E-state index in [2.05, 4.69) is 161 Å². The second kappa shape index (κ2) is 11.3. The molecule has 0 unspecified atom stereocenters. The van der Waals surface area contributed by atoms with Crippen LogP contribution in [0, 0.1) is 0 Å². The molecule has 8 aromatic carbocycles. The van der Waals surface area contributed by atoms with Crippen molar-refractivity contribution < 1.29 is 9.47 Å². The number of ether oxygens (including phenoxy) is 2. The maximum Gasteiger partial charge on any atom is 0.118 e. The van der Waals surface area contributed by atoms with Gasteiger partial charge < -0.3 is 9.47 Å². The average Bonchev–Trinajstić information content (AvgIpc) is 3.78. The fourth-order valence-electron chi connectivity index (χ4n) is 9.92. The molecule has 0 saturated heterocycles. The van der Waals surface area contributed by atoms with Gasteiger partial charge in [-0.15, -0.1) is 11.3 Å². The van der Waals surface area contributed by atoms with E-state index in [-0.39, 0.29) is 10.8 Å². The molecule has 0 aliphatic heterocycles. The first-order valence-electron chi connectivity index (χ1n) is 19.1. The van der Waals surface area contributed by atoms with Gasteiger partial charge in [0.15, 0.2) is 0 Å². The predicted octanol–water partition coefficient (Wildman–Crippen LogP) is 14.3. The van der Waals surface area contributed by atoms with Crippen LogP contribution in [0.15, 0.2) is 133 Å². The van der Waals surface area contributed by atoms with E-state index in [1.807, 2.05) is 11.3 Å². The molecule has 0 radical (unpaired) electrons. The van der Waals surface area contributed by atoms with Gasteiger partial charge >= 0.3 is 0 Å². The summed E-state index contributed by atoms with van der Waals surface area (Å²) < 4.78 is 13.9. The molecule has 1 aromatic heterocycles. The first kappa shape index (κ1) is 32.5. The third kappa shape index (κ3) is 4.42. The van der Waals surface area contributed by atoms with Crippen LogP contribution in [0.25, 0.3) is 86.2 Å². The van der Waals surface area contributed by atoms with E-state index in [4.69, 9.17) is 9.47 Å². The van der Waals surface area contributed by atoms with Gasteiger partial charge in [-0.2, -0.15) is 0 Å². The molecule has 2 nitrogen and oxygen atoms in total. The van der Waals surface area contributed by atoms with Gasteiger partial charge in [-0.25, -0.2) is 0 Å². The van der Waals surface area contributed by atoms with Crippen LogP contribution in [0.3, 0.4) is 0 Å². The fourth-order valence-corrected chi connectivity index (χ4v) is 11.2. The van der Waals surface area contributed by atoms with Gasteiger partial charge in [0.25, 0.3) is 0 Å². The molecular weight excluding hydrogens is 689 g/mol. The van der Waals surface area contributed by atoms with Crippen LogP contribution in [0.1, 0.15) is 49.9 Å². The Hall–Kier alpha value is -5.90. The highest BCUT2D eigenvalue weighted by Crippen LogP contribution is 2.55. The Morgan fingerprint density at radius 2 is 0.727 bits per heavy atom. The van der Waals surface area contributed by atoms with Gasteiger partial charge in [0, 0.05) is 41.8 Å². The summed E-state index contributed by atoms with van der Waals surface area (Å²) in [5.41, 5.74) is 15.6. The van der Waals surface area contributed by atoms with E-state index in [1.165, 1.54) is 108 Å². The van der Waals surface area contributed by atoms with Gasteiger partial charge in [-0.1, -0.05) is 100 Å². The van der Waals surface area contributed by atoms with Crippen LogP contribution in [0.4, 0.5) is 0 Å². The van der Waals surface area contributed by atoms with Gasteiger partial charge in [-0.05, 0) is 138 Å². The largest absolute Gasteiger partial charge is 0.497 e. The topological polar surface area (TPSA) is 18.5 Å². The van der Waals surface area contributed by atoms with E-state index in [1.54, 1.807) is 14.2 Å². The number of benzene rings is 8. The Labute approximate surface area is 325 Å². The van der Waals surface area contributed by atoms with Crippen molar-refractivity contribution in [3.8, 4) is 56.0 Å². The third-order valence-electron chi connectivity index (χ3n) is 12.9. The van der Waals surface area contributed by atoms with Crippen molar-refractivity contribution >= 4 is 53.1 Å². The van der Waals surface area contributed by atoms with Crippen LogP contribution < -0.4 is 9.47 Å². The minimum atomic E-state index is -0.103. The quantitative estimate of drug-likeness (QED) is 0.180. The summed E-state index contributed by atoms with van der Waals surface area (Å²) >= 11 is 1.96. The molecule has 0 amide bonds. The molecule has 0 N–H and O–H groups in total. The zero-order valence-corrected chi connectivity index (χ0v) is 32.7. The van der Waals surface area contributed by atoms with Gasteiger partial charge in [0.05, 0.1) is 14.2 Å². The van der Waals surface area contributed by atoms with Crippen LogP contribution in [0.5, 0.6) is 11.5 Å². The lowest BCUT2D eigenvalue weighted by atomic mass is 9.81. The van der Waals surface area contributed by atoms with Crippen molar-refractivity contribution in [3.63, 3.8) is 0 Å². The highest BCUT2D eigenvalue weighted by atomic mass is 32.1. The second-order valence-corrected chi connectivity index (χ2v) is 17.4. The summed E-state index contributed by atoms with van der Waals surface area (Å²) in [7, 11) is 3.47. The SMILES string of the molecule is COc1ccc(-c2cc3c4cc(-c5ccc(OC)cc5)c5cc6c(cc5c4sc3c3cc4c(cc23)-c2ccccc2C4(C)C)C(C)(C)c2ccccc2-6)cc1. The van der Waals surface area contributed by atoms with Gasteiger partial charge in [0.1, 0.15) is 11.5 Å². The van der Waals surface area contributed by atoms with Crippen LogP contribution >= 0.6 is 11.3 Å². The van der Waals surface area contributed by atoms with Crippen LogP contribution in [0.2, 0.25) is 0 Å². The molecule has 0 atom stereocenters. The molecule has 55 heavy (non-hydrogen) atoms. The molecule has 1 heterocycles. The molecule has 266 valence electrons. The van der Waals surface area contributed by atoms with Gasteiger partial charge in [-0.3, -0.25) is 0 Å². The number of fused-ring (bicyclic) bond motifs is 13. The smallest absolute Gasteiger partial charge is 0.118 e. The van der Waals surface area contributed by atoms with Crippen molar-refractivity contribution in [3.05, 3.63) is 156 Å². The van der Waals surface area contributed by atoms with Crippen LogP contribution in [-0.2, 0) is 10.8 Å². The van der Waals surface area contributed by atoms with E-state index >= 15 is 0 Å². The molecule has 11 rings (SSSR count). The maximum atomic E-state index is 5.60. The minimum absolute atomic E-state index is 0.103. The number of thiophene rings is 1. The number of hydrogen-bond donors (Lipinski definition) is 0. The zero-order chi connectivity index (χ0) is 37.4. The molecular formula is C52H40O2S. The van der Waals surface area contributed by atoms with E-state index in [0.29, 0.717) is 0 Å². The molecule has 0 spiro atoms. The van der Waals surface area contributed by atoms with Crippen LogP contribution in [-0.4, -0.2) is 14.2 Å². The van der Waals surface area contributed by atoms with E-state index < -0.39 is 0 Å². The Bertz CT molecular complexity index is 2880. The van der Waals surface area contributed by atoms with Gasteiger partial charge in [0.2, 0.25) is 0 Å². The Morgan fingerprint density at radius 1 is 0.364 bits per heavy atom.